The van der Waals surface area contributed by atoms with E-state index in [1.807, 2.05) is 6.92 Å². The molecule has 0 aliphatic rings. The van der Waals surface area contributed by atoms with Gasteiger partial charge in [-0.15, -0.1) is 0 Å². The zero-order valence-electron chi connectivity index (χ0n) is 13.9. The third kappa shape index (κ3) is 4.05. The van der Waals surface area contributed by atoms with Crippen LogP contribution in [0.15, 0.2) is 22.0 Å². The summed E-state index contributed by atoms with van der Waals surface area (Å²) in [4.78, 5) is 18.5. The summed E-state index contributed by atoms with van der Waals surface area (Å²) in [5.74, 6) is 1.28. The van der Waals surface area contributed by atoms with Crippen LogP contribution >= 0.6 is 11.6 Å². The highest BCUT2D eigenvalue weighted by molar-refractivity contribution is 6.32. The number of hydrogen-bond acceptors (Lipinski definition) is 6. The molecule has 0 fully saturated rings. The molecule has 0 saturated carbocycles. The van der Waals surface area contributed by atoms with Gasteiger partial charge in [-0.2, -0.15) is 5.10 Å². The van der Waals surface area contributed by atoms with Crippen LogP contribution in [-0.2, 0) is 0 Å². The lowest BCUT2D eigenvalue weighted by atomic mass is 10.2. The van der Waals surface area contributed by atoms with Crippen molar-refractivity contribution < 1.29 is 9.47 Å². The first-order valence-corrected chi connectivity index (χ1v) is 7.71. The first-order valence-electron chi connectivity index (χ1n) is 7.33. The Balaban J connectivity index is 2.20. The second-order valence-electron chi connectivity index (χ2n) is 4.96. The number of ether oxygens (including phenoxy) is 2. The van der Waals surface area contributed by atoms with E-state index >= 15 is 0 Å². The molecule has 1 aromatic carbocycles. The predicted molar refractivity (Wildman–Crippen MR) is 94.7 cm³/mol. The van der Waals surface area contributed by atoms with Crippen LogP contribution in [0.25, 0.3) is 0 Å². The predicted octanol–water partition coefficient (Wildman–Crippen LogP) is 2.89. The summed E-state index contributed by atoms with van der Waals surface area (Å²) in [6.07, 6.45) is 1.54. The Morgan fingerprint density at radius 2 is 2.17 bits per heavy atom. The van der Waals surface area contributed by atoms with Gasteiger partial charge in [0.1, 0.15) is 0 Å². The van der Waals surface area contributed by atoms with E-state index in [0.717, 1.165) is 0 Å². The van der Waals surface area contributed by atoms with Crippen LogP contribution in [0.1, 0.15) is 23.7 Å². The molecule has 0 radical (unpaired) electrons. The Morgan fingerprint density at radius 1 is 1.42 bits per heavy atom. The quantitative estimate of drug-likeness (QED) is 0.617. The molecular weight excluding hydrogens is 332 g/mol. The molecule has 128 valence electrons. The van der Waals surface area contributed by atoms with Crippen molar-refractivity contribution in [1.82, 2.24) is 9.97 Å². The van der Waals surface area contributed by atoms with E-state index < -0.39 is 0 Å². The Hall–Kier alpha value is -2.54. The van der Waals surface area contributed by atoms with Crippen LogP contribution < -0.4 is 20.5 Å². The van der Waals surface area contributed by atoms with E-state index in [-0.39, 0.29) is 11.5 Å². The molecule has 0 bridgehead atoms. The number of nitrogens with zero attached hydrogens (tertiary/aromatic N) is 2. The highest BCUT2D eigenvalue weighted by atomic mass is 35.5. The summed E-state index contributed by atoms with van der Waals surface area (Å²) in [7, 11) is 1.54. The SMILES string of the molecule is CCOc1c(Cl)cc(/C=N\Nc2nc(C)c(C)c(=O)[nH]2)cc1OC. The molecule has 0 spiro atoms. The zero-order valence-corrected chi connectivity index (χ0v) is 14.7. The third-order valence-electron chi connectivity index (χ3n) is 3.32. The van der Waals surface area contributed by atoms with Gasteiger partial charge in [-0.05, 0) is 38.5 Å². The number of methoxy groups -OCH3 is 1. The molecule has 8 heteroatoms. The standard InChI is InChI=1S/C16H19ClN4O3/c1-5-24-14-12(17)6-11(7-13(14)23-4)8-18-21-16-19-10(3)9(2)15(22)20-16/h6-8H,5H2,1-4H3,(H2,19,20,21,22)/b18-8-. The molecule has 0 amide bonds. The fourth-order valence-electron chi connectivity index (χ4n) is 1.96. The van der Waals surface area contributed by atoms with Gasteiger partial charge in [-0.3, -0.25) is 9.78 Å². The van der Waals surface area contributed by atoms with Crippen molar-refractivity contribution in [1.29, 1.82) is 0 Å². The molecule has 0 aliphatic carbocycles. The maximum Gasteiger partial charge on any atom is 0.255 e. The number of benzene rings is 1. The number of aryl methyl sites for hydroxylation is 1. The molecule has 7 nitrogen and oxygen atoms in total. The van der Waals surface area contributed by atoms with Gasteiger partial charge in [0.2, 0.25) is 5.95 Å². The monoisotopic (exact) mass is 350 g/mol. The smallest absolute Gasteiger partial charge is 0.255 e. The van der Waals surface area contributed by atoms with Crippen LogP contribution in [-0.4, -0.2) is 29.9 Å². The lowest BCUT2D eigenvalue weighted by molar-refractivity contribution is 0.311. The van der Waals surface area contributed by atoms with Gasteiger partial charge in [0.05, 0.1) is 25.0 Å². The van der Waals surface area contributed by atoms with E-state index in [1.165, 1.54) is 7.11 Å². The van der Waals surface area contributed by atoms with Gasteiger partial charge in [-0.1, -0.05) is 11.6 Å². The summed E-state index contributed by atoms with van der Waals surface area (Å²) in [6, 6.07) is 3.45. The lowest BCUT2D eigenvalue weighted by Gasteiger charge is -2.11. The van der Waals surface area contributed by atoms with Gasteiger partial charge in [0, 0.05) is 11.3 Å². The summed E-state index contributed by atoms with van der Waals surface area (Å²) in [5, 5.41) is 4.48. The molecule has 2 N–H and O–H groups in total. The minimum Gasteiger partial charge on any atom is -0.493 e. The molecule has 2 aromatic rings. The maximum absolute atomic E-state index is 11.7. The second-order valence-corrected chi connectivity index (χ2v) is 5.37. The Labute approximate surface area is 144 Å². The summed E-state index contributed by atoms with van der Waals surface area (Å²) in [6.45, 7) is 5.82. The molecule has 0 unspecified atom stereocenters. The minimum atomic E-state index is -0.203. The van der Waals surface area contributed by atoms with Crippen LogP contribution in [0.3, 0.4) is 0 Å². The van der Waals surface area contributed by atoms with Gasteiger partial charge in [-0.25, -0.2) is 10.4 Å². The number of halogens is 1. The Kier molecular flexibility index (Phi) is 5.81. The third-order valence-corrected chi connectivity index (χ3v) is 3.60. The largest absolute Gasteiger partial charge is 0.493 e. The fraction of sp³-hybridized carbons (Fsp3) is 0.312. The highest BCUT2D eigenvalue weighted by Crippen LogP contribution is 2.35. The number of rotatable bonds is 6. The number of H-pyrrole nitrogens is 1. The maximum atomic E-state index is 11.7. The van der Waals surface area contributed by atoms with E-state index in [0.29, 0.717) is 39.9 Å². The highest BCUT2D eigenvalue weighted by Gasteiger charge is 2.10. The summed E-state index contributed by atoms with van der Waals surface area (Å²) in [5.41, 5.74) is 4.41. The van der Waals surface area contributed by atoms with Crippen molar-refractivity contribution in [2.24, 2.45) is 5.10 Å². The van der Waals surface area contributed by atoms with E-state index in [2.05, 4.69) is 20.5 Å². The van der Waals surface area contributed by atoms with Crippen LogP contribution in [0, 0.1) is 13.8 Å². The van der Waals surface area contributed by atoms with Crippen molar-refractivity contribution in [3.63, 3.8) is 0 Å². The van der Waals surface area contributed by atoms with Gasteiger partial charge in [0.25, 0.3) is 5.56 Å². The molecule has 0 atom stereocenters. The Bertz CT molecular complexity index is 818. The average Bonchev–Trinajstić information content (AvgIpc) is 2.54. The van der Waals surface area contributed by atoms with E-state index in [4.69, 9.17) is 21.1 Å². The number of anilines is 1. The zero-order chi connectivity index (χ0) is 17.7. The first-order chi connectivity index (χ1) is 11.5. The average molecular weight is 351 g/mol. The van der Waals surface area contributed by atoms with Crippen molar-refractivity contribution in [3.05, 3.63) is 44.3 Å². The number of hydrazone groups is 1. The van der Waals surface area contributed by atoms with Crippen molar-refractivity contribution in [2.45, 2.75) is 20.8 Å². The van der Waals surface area contributed by atoms with E-state index in [9.17, 15) is 4.79 Å². The summed E-state index contributed by atoms with van der Waals surface area (Å²) >= 11 is 6.20. The van der Waals surface area contributed by atoms with Gasteiger partial charge in [0.15, 0.2) is 11.5 Å². The first kappa shape index (κ1) is 17.8. The van der Waals surface area contributed by atoms with Crippen molar-refractivity contribution >= 4 is 23.8 Å². The molecule has 0 aliphatic heterocycles. The molecule has 1 heterocycles. The minimum absolute atomic E-state index is 0.203. The van der Waals surface area contributed by atoms with Crippen LogP contribution in [0.5, 0.6) is 11.5 Å². The fourth-order valence-corrected chi connectivity index (χ4v) is 2.24. The number of aromatic nitrogens is 2. The Morgan fingerprint density at radius 3 is 2.79 bits per heavy atom. The molecular formula is C16H19ClN4O3. The molecule has 24 heavy (non-hydrogen) atoms. The van der Waals surface area contributed by atoms with Crippen molar-refractivity contribution in [3.8, 4) is 11.5 Å². The van der Waals surface area contributed by atoms with Crippen molar-refractivity contribution in [2.75, 3.05) is 19.1 Å². The molecule has 0 saturated heterocycles. The number of aromatic amines is 1. The van der Waals surface area contributed by atoms with Crippen LogP contribution in [0.4, 0.5) is 5.95 Å². The second kappa shape index (κ2) is 7.83. The van der Waals surface area contributed by atoms with Gasteiger partial charge >= 0.3 is 0 Å². The normalized spacial score (nSPS) is 10.9. The topological polar surface area (TPSA) is 88.6 Å². The molecule has 1 aromatic heterocycles. The lowest BCUT2D eigenvalue weighted by Crippen LogP contribution is -2.15. The van der Waals surface area contributed by atoms with Crippen LogP contribution in [0.2, 0.25) is 5.02 Å². The van der Waals surface area contributed by atoms with E-state index in [1.54, 1.807) is 32.2 Å². The summed E-state index contributed by atoms with van der Waals surface area (Å²) < 4.78 is 10.7. The van der Waals surface area contributed by atoms with Gasteiger partial charge < -0.3 is 9.47 Å². The molecule has 2 rings (SSSR count). The number of hydrogen-bond donors (Lipinski definition) is 2. The number of nitrogens with one attached hydrogen (secondary N) is 2.